The predicted octanol–water partition coefficient (Wildman–Crippen LogP) is 1.94. The summed E-state index contributed by atoms with van der Waals surface area (Å²) < 4.78 is 0. The third-order valence-corrected chi connectivity index (χ3v) is 4.58. The third kappa shape index (κ3) is 4.87. The second kappa shape index (κ2) is 8.13. The van der Waals surface area contributed by atoms with Gasteiger partial charge < -0.3 is 15.1 Å². The van der Waals surface area contributed by atoms with Crippen LogP contribution in [0.2, 0.25) is 0 Å². The molecule has 2 fully saturated rings. The number of hydrogen-bond acceptors (Lipinski definition) is 3. The zero-order valence-corrected chi connectivity index (χ0v) is 12.2. The molecule has 0 radical (unpaired) electrons. The largest absolute Gasteiger partial charge is 0.313 e. The van der Waals surface area contributed by atoms with Crippen LogP contribution in [0.5, 0.6) is 0 Å². The molecule has 2 aliphatic rings. The molecule has 1 atom stereocenters. The first-order chi connectivity index (χ1) is 8.88. The molecule has 1 unspecified atom stereocenters. The first kappa shape index (κ1) is 14.3. The lowest BCUT2D eigenvalue weighted by molar-refractivity contribution is 0.224. The van der Waals surface area contributed by atoms with Gasteiger partial charge in [0.1, 0.15) is 0 Å². The normalized spacial score (nSPS) is 28.2. The average Bonchev–Trinajstić information content (AvgIpc) is 2.65. The molecule has 2 aliphatic heterocycles. The minimum atomic E-state index is 0.770. The van der Waals surface area contributed by atoms with Crippen molar-refractivity contribution in [3.63, 3.8) is 0 Å². The summed E-state index contributed by atoms with van der Waals surface area (Å²) in [5, 5.41) is 3.79. The van der Waals surface area contributed by atoms with Crippen LogP contribution >= 0.6 is 0 Å². The number of likely N-dealkylation sites (tertiary alicyclic amines) is 2. The van der Waals surface area contributed by atoms with E-state index in [4.69, 9.17) is 0 Å². The second-order valence-corrected chi connectivity index (χ2v) is 5.92. The van der Waals surface area contributed by atoms with Crippen molar-refractivity contribution < 1.29 is 0 Å². The molecule has 0 aliphatic carbocycles. The zero-order valence-electron chi connectivity index (χ0n) is 12.2. The lowest BCUT2D eigenvalue weighted by Gasteiger charge is -2.27. The van der Waals surface area contributed by atoms with E-state index in [1.807, 2.05) is 0 Å². The van der Waals surface area contributed by atoms with Crippen LogP contribution in [-0.4, -0.2) is 61.7 Å². The van der Waals surface area contributed by atoms with Gasteiger partial charge in [0.15, 0.2) is 0 Å². The van der Waals surface area contributed by atoms with Crippen molar-refractivity contribution in [1.29, 1.82) is 0 Å². The van der Waals surface area contributed by atoms with Gasteiger partial charge >= 0.3 is 0 Å². The Kier molecular flexibility index (Phi) is 6.46. The Hall–Kier alpha value is -0.120. The van der Waals surface area contributed by atoms with Gasteiger partial charge in [0.25, 0.3) is 0 Å². The van der Waals surface area contributed by atoms with E-state index in [-0.39, 0.29) is 0 Å². The maximum absolute atomic E-state index is 3.79. The van der Waals surface area contributed by atoms with Crippen molar-refractivity contribution in [3.05, 3.63) is 0 Å². The fraction of sp³-hybridized carbons (Fsp3) is 1.00. The van der Waals surface area contributed by atoms with Crippen molar-refractivity contribution in [2.24, 2.45) is 0 Å². The summed E-state index contributed by atoms with van der Waals surface area (Å²) >= 11 is 0. The fourth-order valence-corrected chi connectivity index (χ4v) is 3.29. The summed E-state index contributed by atoms with van der Waals surface area (Å²) in [6.07, 6.45) is 8.35. The molecular weight excluding hydrogens is 222 g/mol. The lowest BCUT2D eigenvalue weighted by atomic mass is 10.1. The number of piperidine rings is 1. The summed E-state index contributed by atoms with van der Waals surface area (Å²) in [6.45, 7) is 11.2. The molecule has 0 spiro atoms. The van der Waals surface area contributed by atoms with Crippen LogP contribution in [0.15, 0.2) is 0 Å². The molecule has 2 heterocycles. The van der Waals surface area contributed by atoms with Crippen LogP contribution in [0.4, 0.5) is 0 Å². The van der Waals surface area contributed by atoms with Gasteiger partial charge in [-0.1, -0.05) is 13.3 Å². The van der Waals surface area contributed by atoms with Crippen LogP contribution in [-0.2, 0) is 0 Å². The van der Waals surface area contributed by atoms with E-state index >= 15 is 0 Å². The summed E-state index contributed by atoms with van der Waals surface area (Å²) in [5.41, 5.74) is 0. The zero-order chi connectivity index (χ0) is 12.6. The molecule has 0 aromatic rings. The number of rotatable bonds is 5. The first-order valence-corrected chi connectivity index (χ1v) is 8.06. The highest BCUT2D eigenvalue weighted by atomic mass is 15.1. The molecule has 106 valence electrons. The quantitative estimate of drug-likeness (QED) is 0.808. The lowest BCUT2D eigenvalue weighted by Crippen LogP contribution is -2.39. The summed E-state index contributed by atoms with van der Waals surface area (Å²) in [5.74, 6) is 0. The topological polar surface area (TPSA) is 18.5 Å². The maximum atomic E-state index is 3.79. The van der Waals surface area contributed by atoms with Gasteiger partial charge in [0.05, 0.1) is 0 Å². The standard InChI is InChI=1S/C15H31N3/c1-2-17-12-6-7-15(8-13-17)16-9-14-18-10-4-3-5-11-18/h15-16H,2-14H2,1H3. The molecule has 2 rings (SSSR count). The second-order valence-electron chi connectivity index (χ2n) is 5.92. The third-order valence-electron chi connectivity index (χ3n) is 4.58. The number of hydrogen-bond donors (Lipinski definition) is 1. The maximum Gasteiger partial charge on any atom is 0.0107 e. The van der Waals surface area contributed by atoms with Gasteiger partial charge in [-0.2, -0.15) is 0 Å². The van der Waals surface area contributed by atoms with Crippen molar-refractivity contribution >= 4 is 0 Å². The molecule has 0 aromatic heterocycles. The molecule has 0 aromatic carbocycles. The Balaban J connectivity index is 1.58. The Morgan fingerprint density at radius 1 is 0.889 bits per heavy atom. The summed E-state index contributed by atoms with van der Waals surface area (Å²) in [4.78, 5) is 5.22. The van der Waals surface area contributed by atoms with Gasteiger partial charge in [0, 0.05) is 19.1 Å². The van der Waals surface area contributed by atoms with Gasteiger partial charge in [-0.3, -0.25) is 0 Å². The molecule has 0 saturated carbocycles. The highest BCUT2D eigenvalue weighted by Crippen LogP contribution is 2.11. The van der Waals surface area contributed by atoms with Crippen LogP contribution in [0.1, 0.15) is 45.4 Å². The van der Waals surface area contributed by atoms with Crippen molar-refractivity contribution in [3.8, 4) is 0 Å². The molecule has 3 nitrogen and oxygen atoms in total. The highest BCUT2D eigenvalue weighted by Gasteiger charge is 2.16. The molecule has 0 amide bonds. The Morgan fingerprint density at radius 3 is 2.44 bits per heavy atom. The van der Waals surface area contributed by atoms with Crippen molar-refractivity contribution in [2.75, 3.05) is 45.8 Å². The van der Waals surface area contributed by atoms with Gasteiger partial charge in [-0.25, -0.2) is 0 Å². The van der Waals surface area contributed by atoms with Crippen LogP contribution in [0.3, 0.4) is 0 Å². The molecule has 0 bridgehead atoms. The van der Waals surface area contributed by atoms with E-state index in [9.17, 15) is 0 Å². The first-order valence-electron chi connectivity index (χ1n) is 8.06. The van der Waals surface area contributed by atoms with Crippen LogP contribution < -0.4 is 5.32 Å². The van der Waals surface area contributed by atoms with Gasteiger partial charge in [-0.15, -0.1) is 0 Å². The minimum absolute atomic E-state index is 0.770. The number of nitrogens with one attached hydrogen (secondary N) is 1. The van der Waals surface area contributed by atoms with Gasteiger partial charge in [-0.05, 0) is 64.8 Å². The van der Waals surface area contributed by atoms with E-state index < -0.39 is 0 Å². The molecule has 18 heavy (non-hydrogen) atoms. The average molecular weight is 253 g/mol. The molecule has 3 heteroatoms. The summed E-state index contributed by atoms with van der Waals surface area (Å²) in [7, 11) is 0. The van der Waals surface area contributed by atoms with E-state index in [2.05, 4.69) is 22.0 Å². The smallest absolute Gasteiger partial charge is 0.0107 e. The minimum Gasteiger partial charge on any atom is -0.313 e. The van der Waals surface area contributed by atoms with Crippen LogP contribution in [0.25, 0.3) is 0 Å². The van der Waals surface area contributed by atoms with Crippen molar-refractivity contribution in [1.82, 2.24) is 15.1 Å². The van der Waals surface area contributed by atoms with E-state index in [1.165, 1.54) is 84.3 Å². The monoisotopic (exact) mass is 253 g/mol. The molecule has 2 saturated heterocycles. The van der Waals surface area contributed by atoms with Crippen molar-refractivity contribution in [2.45, 2.75) is 51.5 Å². The highest BCUT2D eigenvalue weighted by molar-refractivity contribution is 4.75. The summed E-state index contributed by atoms with van der Waals surface area (Å²) in [6, 6.07) is 0.770. The Labute approximate surface area is 113 Å². The predicted molar refractivity (Wildman–Crippen MR) is 78.0 cm³/mol. The Morgan fingerprint density at radius 2 is 1.67 bits per heavy atom. The molecule has 1 N–H and O–H groups in total. The van der Waals surface area contributed by atoms with E-state index in [0.717, 1.165) is 6.04 Å². The SMILES string of the molecule is CCN1CCCC(NCCN2CCCCC2)CC1. The van der Waals surface area contributed by atoms with Gasteiger partial charge in [0.2, 0.25) is 0 Å². The van der Waals surface area contributed by atoms with E-state index in [1.54, 1.807) is 0 Å². The fourth-order valence-electron chi connectivity index (χ4n) is 3.29. The van der Waals surface area contributed by atoms with Crippen LogP contribution in [0, 0.1) is 0 Å². The van der Waals surface area contributed by atoms with E-state index in [0.29, 0.717) is 0 Å². The molecular formula is C15H31N3. The Bertz CT molecular complexity index is 214. The number of nitrogens with zero attached hydrogens (tertiary/aromatic N) is 2.